The summed E-state index contributed by atoms with van der Waals surface area (Å²) in [6.07, 6.45) is 5.65. The number of fused-ring (bicyclic) bond motifs is 1. The van der Waals surface area contributed by atoms with Crippen LogP contribution in [0.4, 0.5) is 5.69 Å². The number of nitrogens with zero attached hydrogens (tertiary/aromatic N) is 2. The van der Waals surface area contributed by atoms with Crippen molar-refractivity contribution in [3.05, 3.63) is 66.4 Å². The highest BCUT2D eigenvalue weighted by atomic mass is 16.5. The van der Waals surface area contributed by atoms with Crippen molar-refractivity contribution in [3.8, 4) is 11.8 Å². The standard InChI is InChI=1S/C23H22N4O3/c24-13-5-14-27-16-17(18-6-1-3-8-20(18)27)10-11-23(29)26-19-7-2-4-9-21(19)30-15-12-22(25)28/h1-4,6-11,16H,5,12,14-15H2,(H2,25,28)(H,26,29)/b11-10+. The predicted molar refractivity (Wildman–Crippen MR) is 116 cm³/mol. The van der Waals surface area contributed by atoms with Gasteiger partial charge in [0.1, 0.15) is 5.75 Å². The monoisotopic (exact) mass is 402 g/mol. The molecule has 152 valence electrons. The third kappa shape index (κ3) is 5.26. The first-order chi connectivity index (χ1) is 14.6. The number of nitriles is 1. The van der Waals surface area contributed by atoms with Crippen molar-refractivity contribution < 1.29 is 14.3 Å². The number of aryl methyl sites for hydroxylation is 1. The highest BCUT2D eigenvalue weighted by Crippen LogP contribution is 2.25. The van der Waals surface area contributed by atoms with Crippen molar-refractivity contribution in [1.82, 2.24) is 4.57 Å². The van der Waals surface area contributed by atoms with Crippen LogP contribution in [0, 0.1) is 11.3 Å². The SMILES string of the molecule is N#CCCn1cc(/C=C/C(=O)Nc2ccccc2OCCC(N)=O)c2ccccc21. The van der Waals surface area contributed by atoms with E-state index in [2.05, 4.69) is 11.4 Å². The maximum absolute atomic E-state index is 12.5. The van der Waals surface area contributed by atoms with Gasteiger partial charge in [-0.1, -0.05) is 30.3 Å². The normalized spacial score (nSPS) is 10.8. The van der Waals surface area contributed by atoms with Crippen LogP contribution < -0.4 is 15.8 Å². The average molecular weight is 402 g/mol. The molecule has 0 spiro atoms. The minimum atomic E-state index is -0.451. The number of aromatic nitrogens is 1. The number of primary amides is 1. The molecule has 7 heteroatoms. The summed E-state index contributed by atoms with van der Waals surface area (Å²) in [5.41, 5.74) is 7.54. The fourth-order valence-electron chi connectivity index (χ4n) is 3.06. The van der Waals surface area contributed by atoms with Crippen LogP contribution in [0.3, 0.4) is 0 Å². The molecule has 0 bridgehead atoms. The number of rotatable bonds is 9. The van der Waals surface area contributed by atoms with Gasteiger partial charge in [0.25, 0.3) is 0 Å². The van der Waals surface area contributed by atoms with Gasteiger partial charge in [-0.25, -0.2) is 0 Å². The van der Waals surface area contributed by atoms with Crippen LogP contribution in [-0.4, -0.2) is 23.0 Å². The zero-order valence-corrected chi connectivity index (χ0v) is 16.4. The lowest BCUT2D eigenvalue weighted by atomic mass is 10.1. The Hall–Kier alpha value is -4.05. The number of nitrogens with two attached hydrogens (primary N) is 1. The molecule has 0 aliphatic rings. The number of amides is 2. The summed E-state index contributed by atoms with van der Waals surface area (Å²) in [5.74, 6) is -0.295. The second-order valence-electron chi connectivity index (χ2n) is 6.59. The molecular weight excluding hydrogens is 380 g/mol. The van der Waals surface area contributed by atoms with Gasteiger partial charge < -0.3 is 20.4 Å². The zero-order chi connectivity index (χ0) is 21.3. The molecule has 30 heavy (non-hydrogen) atoms. The van der Waals surface area contributed by atoms with Gasteiger partial charge in [-0.2, -0.15) is 5.26 Å². The second kappa shape index (κ2) is 9.94. The van der Waals surface area contributed by atoms with E-state index in [1.165, 1.54) is 6.08 Å². The number of anilines is 1. The molecule has 0 aliphatic carbocycles. The van der Waals surface area contributed by atoms with Gasteiger partial charge in [0.05, 0.1) is 31.2 Å². The minimum Gasteiger partial charge on any atom is -0.491 e. The van der Waals surface area contributed by atoms with E-state index >= 15 is 0 Å². The summed E-state index contributed by atoms with van der Waals surface area (Å²) in [4.78, 5) is 23.3. The minimum absolute atomic E-state index is 0.0953. The largest absolute Gasteiger partial charge is 0.491 e. The lowest BCUT2D eigenvalue weighted by Gasteiger charge is -2.10. The van der Waals surface area contributed by atoms with Crippen molar-refractivity contribution in [2.24, 2.45) is 5.73 Å². The van der Waals surface area contributed by atoms with Gasteiger partial charge >= 0.3 is 0 Å². The number of nitrogens with one attached hydrogen (secondary N) is 1. The van der Waals surface area contributed by atoms with Crippen molar-refractivity contribution >= 4 is 34.5 Å². The molecule has 1 aromatic heterocycles. The molecule has 0 saturated carbocycles. The first-order valence-corrected chi connectivity index (χ1v) is 9.52. The Kier molecular flexibility index (Phi) is 6.85. The highest BCUT2D eigenvalue weighted by molar-refractivity contribution is 6.04. The molecule has 7 nitrogen and oxygen atoms in total. The fraction of sp³-hybridized carbons (Fsp3) is 0.174. The van der Waals surface area contributed by atoms with Crippen molar-refractivity contribution in [3.63, 3.8) is 0 Å². The zero-order valence-electron chi connectivity index (χ0n) is 16.4. The number of carbonyl (C=O) groups excluding carboxylic acids is 2. The smallest absolute Gasteiger partial charge is 0.248 e. The van der Waals surface area contributed by atoms with Crippen molar-refractivity contribution in [2.45, 2.75) is 19.4 Å². The first kappa shape index (κ1) is 20.7. The molecule has 3 N–H and O–H groups in total. The van der Waals surface area contributed by atoms with Crippen LogP contribution in [0.15, 0.2) is 60.8 Å². The Bertz CT molecular complexity index is 1120. The predicted octanol–water partition coefficient (Wildman–Crippen LogP) is 3.46. The number of benzene rings is 2. The number of para-hydroxylation sites is 3. The third-order valence-electron chi connectivity index (χ3n) is 4.45. The van der Waals surface area contributed by atoms with Crippen molar-refractivity contribution in [2.75, 3.05) is 11.9 Å². The summed E-state index contributed by atoms with van der Waals surface area (Å²) in [6, 6.07) is 17.0. The van der Waals surface area contributed by atoms with Crippen LogP contribution >= 0.6 is 0 Å². The Morgan fingerprint density at radius 3 is 2.73 bits per heavy atom. The van der Waals surface area contributed by atoms with E-state index in [9.17, 15) is 9.59 Å². The van der Waals surface area contributed by atoms with Gasteiger partial charge in [0.15, 0.2) is 0 Å². The molecular formula is C23H22N4O3. The van der Waals surface area contributed by atoms with E-state index in [0.717, 1.165) is 16.5 Å². The molecule has 3 rings (SSSR count). The quantitative estimate of drug-likeness (QED) is 0.534. The van der Waals surface area contributed by atoms with Crippen molar-refractivity contribution in [1.29, 1.82) is 5.26 Å². The van der Waals surface area contributed by atoms with E-state index in [1.54, 1.807) is 30.3 Å². The van der Waals surface area contributed by atoms with E-state index in [0.29, 0.717) is 24.4 Å². The molecule has 1 heterocycles. The van der Waals surface area contributed by atoms with Gasteiger partial charge in [0.2, 0.25) is 11.8 Å². The van der Waals surface area contributed by atoms with Crippen LogP contribution in [-0.2, 0) is 16.1 Å². The van der Waals surface area contributed by atoms with Gasteiger partial charge in [-0.3, -0.25) is 9.59 Å². The average Bonchev–Trinajstić information content (AvgIpc) is 3.09. The Morgan fingerprint density at radius 2 is 1.93 bits per heavy atom. The number of hydrogen-bond donors (Lipinski definition) is 2. The Labute approximate surface area is 174 Å². The summed E-state index contributed by atoms with van der Waals surface area (Å²) < 4.78 is 7.55. The molecule has 2 amide bonds. The lowest BCUT2D eigenvalue weighted by molar-refractivity contribution is -0.118. The van der Waals surface area contributed by atoms with Crippen LogP contribution in [0.5, 0.6) is 5.75 Å². The number of ether oxygens (including phenoxy) is 1. The molecule has 0 saturated heterocycles. The lowest BCUT2D eigenvalue weighted by Crippen LogP contribution is -2.15. The molecule has 2 aromatic carbocycles. The molecule has 0 aliphatic heterocycles. The topological polar surface area (TPSA) is 110 Å². The van der Waals surface area contributed by atoms with Gasteiger partial charge in [-0.15, -0.1) is 0 Å². The van der Waals surface area contributed by atoms with Gasteiger partial charge in [-0.05, 0) is 24.3 Å². The molecule has 0 radical (unpaired) electrons. The van der Waals surface area contributed by atoms with Crippen LogP contribution in [0.25, 0.3) is 17.0 Å². The second-order valence-corrected chi connectivity index (χ2v) is 6.59. The molecule has 0 atom stereocenters. The summed E-state index contributed by atoms with van der Waals surface area (Å²) >= 11 is 0. The molecule has 0 fully saturated rings. The summed E-state index contributed by atoms with van der Waals surface area (Å²) in [5, 5.41) is 12.7. The third-order valence-corrected chi connectivity index (χ3v) is 4.45. The first-order valence-electron chi connectivity index (χ1n) is 9.52. The van der Waals surface area contributed by atoms with E-state index in [-0.39, 0.29) is 18.9 Å². The van der Waals surface area contributed by atoms with E-state index < -0.39 is 5.91 Å². The Balaban J connectivity index is 1.73. The summed E-state index contributed by atoms with van der Waals surface area (Å²) in [7, 11) is 0. The maximum Gasteiger partial charge on any atom is 0.248 e. The fourth-order valence-corrected chi connectivity index (χ4v) is 3.06. The van der Waals surface area contributed by atoms with Gasteiger partial charge in [0, 0.05) is 35.3 Å². The Morgan fingerprint density at radius 1 is 1.17 bits per heavy atom. The van der Waals surface area contributed by atoms with Crippen LogP contribution in [0.1, 0.15) is 18.4 Å². The van der Waals surface area contributed by atoms with E-state index in [4.69, 9.17) is 15.7 Å². The number of hydrogen-bond acceptors (Lipinski definition) is 4. The van der Waals surface area contributed by atoms with E-state index in [1.807, 2.05) is 35.0 Å². The highest BCUT2D eigenvalue weighted by Gasteiger charge is 2.08. The molecule has 0 unspecified atom stereocenters. The van der Waals surface area contributed by atoms with Crippen LogP contribution in [0.2, 0.25) is 0 Å². The number of carbonyl (C=O) groups is 2. The molecule has 3 aromatic rings. The maximum atomic E-state index is 12.5. The summed E-state index contributed by atoms with van der Waals surface area (Å²) in [6.45, 7) is 0.729.